The quantitative estimate of drug-likeness (QED) is 0.169. The van der Waals surface area contributed by atoms with Crippen molar-refractivity contribution in [1.82, 2.24) is 19.5 Å². The van der Waals surface area contributed by atoms with Crippen LogP contribution in [-0.4, -0.2) is 19.5 Å². The van der Waals surface area contributed by atoms with Crippen LogP contribution in [-0.2, 0) is 0 Å². The van der Waals surface area contributed by atoms with Crippen molar-refractivity contribution in [1.29, 1.82) is 0 Å². The molecule has 5 heteroatoms. The first kappa shape index (κ1) is 29.5. The summed E-state index contributed by atoms with van der Waals surface area (Å²) < 4.78 is 47.3. The van der Waals surface area contributed by atoms with Crippen molar-refractivity contribution in [2.45, 2.75) is 0 Å². The van der Waals surface area contributed by atoms with Crippen molar-refractivity contribution in [3.05, 3.63) is 206 Å². The van der Waals surface area contributed by atoms with Crippen LogP contribution in [0.5, 0.6) is 0 Å². The lowest BCUT2D eigenvalue weighted by atomic mass is 9.97. The van der Waals surface area contributed by atoms with Gasteiger partial charge in [-0.15, -0.1) is 11.3 Å². The monoisotopic (exact) mass is 787 g/mol. The minimum atomic E-state index is -0.475. The summed E-state index contributed by atoms with van der Waals surface area (Å²) in [4.78, 5) is 14.4. The van der Waals surface area contributed by atoms with Crippen molar-refractivity contribution in [3.8, 4) is 62.1 Å². The van der Waals surface area contributed by atoms with E-state index in [0.29, 0.717) is 22.8 Å². The Hall–Kier alpha value is -7.73. The molecule has 3 heterocycles. The first-order valence-corrected chi connectivity index (χ1v) is 20.6. The van der Waals surface area contributed by atoms with Crippen molar-refractivity contribution in [2.24, 2.45) is 0 Å². The van der Waals surface area contributed by atoms with E-state index in [2.05, 4.69) is 138 Å². The number of fused-ring (bicyclic) bond motifs is 7. The van der Waals surface area contributed by atoms with Gasteiger partial charge < -0.3 is 4.57 Å². The average Bonchev–Trinajstić information content (AvgIpc) is 3.91. The normalized spacial score (nSPS) is 12.8. The van der Waals surface area contributed by atoms with Gasteiger partial charge in [-0.3, -0.25) is 0 Å². The smallest absolute Gasteiger partial charge is 0.164 e. The first-order valence-electron chi connectivity index (χ1n) is 22.3. The maximum atomic E-state index is 8.75. The second-order valence-electron chi connectivity index (χ2n) is 14.8. The summed E-state index contributed by atoms with van der Waals surface area (Å²) in [7, 11) is 0. The molecule has 0 aliphatic carbocycles. The van der Waals surface area contributed by atoms with Gasteiger partial charge in [0.15, 0.2) is 17.5 Å². The number of rotatable bonds is 6. The Bertz CT molecular complexity index is 3820. The molecule has 0 aliphatic rings. The Morgan fingerprint density at radius 2 is 0.950 bits per heavy atom. The van der Waals surface area contributed by atoms with E-state index < -0.39 is 18.1 Å². The van der Waals surface area contributed by atoms with E-state index in [4.69, 9.17) is 21.8 Å². The highest BCUT2D eigenvalue weighted by Gasteiger charge is 2.20. The van der Waals surface area contributed by atoms with Gasteiger partial charge in [-0.05, 0) is 63.9 Å². The largest absolute Gasteiger partial charge is 0.309 e. The van der Waals surface area contributed by atoms with Crippen LogP contribution in [0, 0.1) is 0 Å². The molecule has 0 unspecified atom stereocenters. The number of nitrogens with zero attached hydrogens (tertiary/aromatic N) is 4. The highest BCUT2D eigenvalue weighted by Crippen LogP contribution is 2.46. The summed E-state index contributed by atoms with van der Waals surface area (Å²) in [5.41, 5.74) is 9.22. The molecule has 280 valence electrons. The van der Waals surface area contributed by atoms with Crippen LogP contribution >= 0.6 is 11.3 Å². The third-order valence-corrected chi connectivity index (χ3v) is 12.6. The molecule has 9 aromatic carbocycles. The SMILES string of the molecule is [2H]c1c([2H])c([2H])c(-c2nc(-c3ccccc3)nc(-c3ccc4ccc(-c5cc(-n6c7ccccc7c7ccccc76)cc6c5sc5c(-c7ccccc7)cccc56)cc4c3)n2)c([2H])c1[2H]. The van der Waals surface area contributed by atoms with Crippen molar-refractivity contribution < 1.29 is 6.85 Å². The van der Waals surface area contributed by atoms with Gasteiger partial charge in [0, 0.05) is 58.9 Å². The van der Waals surface area contributed by atoms with E-state index in [1.807, 2.05) is 53.8 Å². The van der Waals surface area contributed by atoms with Crippen LogP contribution in [0.3, 0.4) is 0 Å². The molecule has 0 N–H and O–H groups in total. The summed E-state index contributed by atoms with van der Waals surface area (Å²) in [6.45, 7) is 0. The van der Waals surface area contributed by atoms with E-state index in [1.165, 1.54) is 42.1 Å². The van der Waals surface area contributed by atoms with Crippen LogP contribution < -0.4 is 0 Å². The lowest BCUT2D eigenvalue weighted by Crippen LogP contribution is -2.00. The van der Waals surface area contributed by atoms with Crippen molar-refractivity contribution >= 4 is 64.1 Å². The van der Waals surface area contributed by atoms with E-state index in [1.54, 1.807) is 0 Å². The van der Waals surface area contributed by atoms with Gasteiger partial charge in [-0.2, -0.15) is 0 Å². The molecule has 0 aliphatic heterocycles. The average molecular weight is 788 g/mol. The predicted octanol–water partition coefficient (Wildman–Crippen LogP) is 14.8. The first-order chi connectivity index (χ1) is 31.8. The Labute approximate surface area is 357 Å². The Kier molecular flexibility index (Phi) is 6.87. The molecule has 0 spiro atoms. The molecule has 3 aromatic heterocycles. The molecule has 0 saturated heterocycles. The van der Waals surface area contributed by atoms with Gasteiger partial charge in [0.2, 0.25) is 0 Å². The summed E-state index contributed by atoms with van der Waals surface area (Å²) in [6, 6.07) is 59.0. The molecule has 0 fully saturated rings. The van der Waals surface area contributed by atoms with Crippen LogP contribution in [0.4, 0.5) is 0 Å². The lowest BCUT2D eigenvalue weighted by Gasteiger charge is -2.13. The summed E-state index contributed by atoms with van der Waals surface area (Å²) >= 11 is 1.82. The minimum absolute atomic E-state index is 0.00333. The van der Waals surface area contributed by atoms with E-state index in [9.17, 15) is 0 Å². The van der Waals surface area contributed by atoms with E-state index in [-0.39, 0.29) is 23.5 Å². The highest BCUT2D eigenvalue weighted by atomic mass is 32.1. The second kappa shape index (κ2) is 14.0. The molecule has 12 rings (SSSR count). The third-order valence-electron chi connectivity index (χ3n) is 11.3. The van der Waals surface area contributed by atoms with Crippen molar-refractivity contribution in [3.63, 3.8) is 0 Å². The molecule has 0 saturated carbocycles. The Balaban J connectivity index is 1.09. The minimum Gasteiger partial charge on any atom is -0.309 e. The summed E-state index contributed by atoms with van der Waals surface area (Å²) in [5, 5.41) is 6.79. The maximum absolute atomic E-state index is 8.75. The molecule has 12 aromatic rings. The van der Waals surface area contributed by atoms with E-state index >= 15 is 0 Å². The van der Waals surface area contributed by atoms with Gasteiger partial charge >= 0.3 is 0 Å². The van der Waals surface area contributed by atoms with Crippen molar-refractivity contribution in [2.75, 3.05) is 0 Å². The van der Waals surface area contributed by atoms with Gasteiger partial charge in [-0.1, -0.05) is 170 Å². The number of thiophene rings is 1. The van der Waals surface area contributed by atoms with Crippen LogP contribution in [0.15, 0.2) is 206 Å². The molecule has 4 nitrogen and oxygen atoms in total. The van der Waals surface area contributed by atoms with Crippen LogP contribution in [0.1, 0.15) is 6.85 Å². The van der Waals surface area contributed by atoms with Crippen LogP contribution in [0.25, 0.3) is 115 Å². The summed E-state index contributed by atoms with van der Waals surface area (Å²) in [6.07, 6.45) is 0. The van der Waals surface area contributed by atoms with Crippen LogP contribution in [0.2, 0.25) is 0 Å². The molecule has 0 bridgehead atoms. The number of aromatic nitrogens is 4. The highest BCUT2D eigenvalue weighted by molar-refractivity contribution is 7.26. The zero-order chi connectivity index (χ0) is 43.9. The number of para-hydroxylation sites is 2. The fourth-order valence-corrected chi connectivity index (χ4v) is 9.88. The Morgan fingerprint density at radius 1 is 0.383 bits per heavy atom. The fraction of sp³-hybridized carbons (Fsp3) is 0. The number of hydrogen-bond donors (Lipinski definition) is 0. The zero-order valence-electron chi connectivity index (χ0n) is 36.9. The third kappa shape index (κ3) is 5.70. The molecular formula is C55H34N4S. The van der Waals surface area contributed by atoms with Gasteiger partial charge in [0.25, 0.3) is 0 Å². The molecule has 0 radical (unpaired) electrons. The predicted molar refractivity (Wildman–Crippen MR) is 252 cm³/mol. The molecular weight excluding hydrogens is 749 g/mol. The fourth-order valence-electron chi connectivity index (χ4n) is 8.52. The number of hydrogen-bond acceptors (Lipinski definition) is 4. The summed E-state index contributed by atoms with van der Waals surface area (Å²) in [5.74, 6) is 0.653. The zero-order valence-corrected chi connectivity index (χ0v) is 32.8. The molecule has 0 atom stereocenters. The Morgan fingerprint density at radius 3 is 1.67 bits per heavy atom. The standard InChI is InChI=1S/C55H34N4S/c1-4-15-36(16-5-1)43-23-14-24-46-48-34-42(59-49-25-12-10-21-44(49)45-22-11-13-26-50(45)59)33-47(52(48)60-51(43)46)39-29-27-35-28-30-40(32-41(35)31-39)55-57-53(37-17-6-2-7-18-37)56-54(58-55)38-19-8-3-9-20-38/h1-34H/i2D,6D,7D,17D,18D. The second-order valence-corrected chi connectivity index (χ2v) is 15.9. The van der Waals surface area contributed by atoms with E-state index in [0.717, 1.165) is 38.6 Å². The molecule has 0 amide bonds. The van der Waals surface area contributed by atoms with Gasteiger partial charge in [0.05, 0.1) is 17.9 Å². The topological polar surface area (TPSA) is 43.6 Å². The maximum Gasteiger partial charge on any atom is 0.164 e. The number of benzene rings is 9. The van der Waals surface area contributed by atoms with Gasteiger partial charge in [0.1, 0.15) is 0 Å². The molecule has 60 heavy (non-hydrogen) atoms. The van der Waals surface area contributed by atoms with Gasteiger partial charge in [-0.25, -0.2) is 15.0 Å². The lowest BCUT2D eigenvalue weighted by molar-refractivity contribution is 1.07.